The second-order valence-electron chi connectivity index (χ2n) is 6.03. The van der Waals surface area contributed by atoms with Crippen molar-refractivity contribution in [2.45, 2.75) is 64.1 Å². The van der Waals surface area contributed by atoms with Gasteiger partial charge in [0.25, 0.3) is 0 Å². The van der Waals surface area contributed by atoms with E-state index in [2.05, 4.69) is 61.4 Å². The van der Waals surface area contributed by atoms with E-state index in [0.717, 1.165) is 12.6 Å². The fourth-order valence-corrected chi connectivity index (χ4v) is 3.70. The van der Waals surface area contributed by atoms with Gasteiger partial charge in [0.15, 0.2) is 0 Å². The highest BCUT2D eigenvalue weighted by molar-refractivity contribution is 5.21. The third-order valence-electron chi connectivity index (χ3n) is 4.81. The van der Waals surface area contributed by atoms with Crippen molar-refractivity contribution in [3.63, 3.8) is 0 Å². The Morgan fingerprint density at radius 2 is 1.80 bits per heavy atom. The summed E-state index contributed by atoms with van der Waals surface area (Å²) in [7, 11) is 2.33. The molecule has 112 valence electrons. The molecule has 1 aliphatic carbocycles. The average Bonchev–Trinajstić information content (AvgIpc) is 3.02. The van der Waals surface area contributed by atoms with Crippen molar-refractivity contribution in [1.82, 2.24) is 10.2 Å². The Labute approximate surface area is 124 Å². The predicted octanol–water partition coefficient (Wildman–Crippen LogP) is 3.99. The highest BCUT2D eigenvalue weighted by Crippen LogP contribution is 2.30. The summed E-state index contributed by atoms with van der Waals surface area (Å²) in [5.74, 6) is 0. The lowest BCUT2D eigenvalue weighted by atomic mass is 9.94. The molecule has 0 radical (unpaired) electrons. The van der Waals surface area contributed by atoms with E-state index in [9.17, 15) is 0 Å². The largest absolute Gasteiger partial charge is 0.309 e. The van der Waals surface area contributed by atoms with Gasteiger partial charge in [-0.15, -0.1) is 0 Å². The quantitative estimate of drug-likeness (QED) is 0.809. The van der Waals surface area contributed by atoms with Crippen LogP contribution in [0.15, 0.2) is 30.3 Å². The van der Waals surface area contributed by atoms with Gasteiger partial charge in [0.1, 0.15) is 0 Å². The zero-order valence-electron chi connectivity index (χ0n) is 13.3. The maximum Gasteiger partial charge on any atom is 0.0477 e. The van der Waals surface area contributed by atoms with Gasteiger partial charge < -0.3 is 5.32 Å². The molecule has 0 aliphatic heterocycles. The van der Waals surface area contributed by atoms with Gasteiger partial charge in [-0.25, -0.2) is 0 Å². The molecule has 0 heterocycles. The lowest BCUT2D eigenvalue weighted by Crippen LogP contribution is -2.46. The van der Waals surface area contributed by atoms with E-state index in [0.29, 0.717) is 12.1 Å². The molecule has 20 heavy (non-hydrogen) atoms. The molecule has 1 aromatic carbocycles. The molecule has 2 unspecified atom stereocenters. The van der Waals surface area contributed by atoms with E-state index in [1.807, 2.05) is 0 Å². The van der Waals surface area contributed by atoms with Crippen LogP contribution in [0.1, 0.15) is 57.6 Å². The van der Waals surface area contributed by atoms with Crippen molar-refractivity contribution < 1.29 is 0 Å². The molecule has 0 amide bonds. The molecule has 2 nitrogen and oxygen atoms in total. The molecule has 2 rings (SSSR count). The van der Waals surface area contributed by atoms with E-state index >= 15 is 0 Å². The SMILES string of the molecule is CCNC(c1ccccc1)C(CC)N(C)C1CCCC1. The first-order valence-electron chi connectivity index (χ1n) is 8.28. The Morgan fingerprint density at radius 3 is 2.35 bits per heavy atom. The smallest absolute Gasteiger partial charge is 0.0477 e. The van der Waals surface area contributed by atoms with Crippen LogP contribution >= 0.6 is 0 Å². The van der Waals surface area contributed by atoms with Crippen molar-refractivity contribution in [3.8, 4) is 0 Å². The number of hydrogen-bond donors (Lipinski definition) is 1. The van der Waals surface area contributed by atoms with Gasteiger partial charge in [0.05, 0.1) is 0 Å². The van der Waals surface area contributed by atoms with Crippen molar-refractivity contribution in [3.05, 3.63) is 35.9 Å². The number of benzene rings is 1. The van der Waals surface area contributed by atoms with Gasteiger partial charge in [0.2, 0.25) is 0 Å². The van der Waals surface area contributed by atoms with Gasteiger partial charge in [0, 0.05) is 18.1 Å². The molecular weight excluding hydrogens is 244 g/mol. The van der Waals surface area contributed by atoms with Crippen LogP contribution < -0.4 is 5.32 Å². The summed E-state index contributed by atoms with van der Waals surface area (Å²) in [5, 5.41) is 3.71. The van der Waals surface area contributed by atoms with Crippen molar-refractivity contribution in [2.24, 2.45) is 0 Å². The Balaban J connectivity index is 2.16. The highest BCUT2D eigenvalue weighted by atomic mass is 15.2. The fourth-order valence-electron chi connectivity index (χ4n) is 3.70. The topological polar surface area (TPSA) is 15.3 Å². The van der Waals surface area contributed by atoms with Crippen LogP contribution in [0.3, 0.4) is 0 Å². The Kier molecular flexibility index (Phi) is 6.06. The lowest BCUT2D eigenvalue weighted by Gasteiger charge is -2.38. The first-order valence-corrected chi connectivity index (χ1v) is 8.28. The molecule has 1 aromatic rings. The van der Waals surface area contributed by atoms with Gasteiger partial charge >= 0.3 is 0 Å². The molecule has 1 aliphatic rings. The third kappa shape index (κ3) is 3.62. The van der Waals surface area contributed by atoms with Crippen LogP contribution in [-0.4, -0.2) is 30.6 Å². The van der Waals surface area contributed by atoms with Crippen molar-refractivity contribution >= 4 is 0 Å². The zero-order valence-corrected chi connectivity index (χ0v) is 13.3. The molecule has 2 atom stereocenters. The number of hydrogen-bond acceptors (Lipinski definition) is 2. The first-order chi connectivity index (χ1) is 9.77. The molecule has 0 spiro atoms. The van der Waals surface area contributed by atoms with E-state index in [-0.39, 0.29) is 0 Å². The Bertz CT molecular complexity index is 370. The van der Waals surface area contributed by atoms with Crippen molar-refractivity contribution in [2.75, 3.05) is 13.6 Å². The minimum atomic E-state index is 0.441. The summed E-state index contributed by atoms with van der Waals surface area (Å²) in [4.78, 5) is 2.65. The van der Waals surface area contributed by atoms with Crippen LogP contribution in [-0.2, 0) is 0 Å². The molecular formula is C18H30N2. The van der Waals surface area contributed by atoms with Gasteiger partial charge in [-0.05, 0) is 38.4 Å². The maximum atomic E-state index is 3.71. The van der Waals surface area contributed by atoms with Gasteiger partial charge in [-0.3, -0.25) is 4.90 Å². The molecule has 0 bridgehead atoms. The highest BCUT2D eigenvalue weighted by Gasteiger charge is 2.30. The number of rotatable bonds is 7. The van der Waals surface area contributed by atoms with Gasteiger partial charge in [-0.1, -0.05) is 57.0 Å². The molecule has 1 saturated carbocycles. The standard InChI is InChI=1S/C18H30N2/c1-4-17(20(3)16-13-9-10-14-16)18(19-5-2)15-11-7-6-8-12-15/h6-8,11-12,16-19H,4-5,9-10,13-14H2,1-3H3. The fraction of sp³-hybridized carbons (Fsp3) is 0.667. The summed E-state index contributed by atoms with van der Waals surface area (Å²) in [6.07, 6.45) is 6.76. The first kappa shape index (κ1) is 15.5. The molecule has 2 heteroatoms. The minimum Gasteiger partial charge on any atom is -0.309 e. The van der Waals surface area contributed by atoms with E-state index in [1.54, 1.807) is 0 Å². The lowest BCUT2D eigenvalue weighted by molar-refractivity contribution is 0.135. The second-order valence-corrected chi connectivity index (χ2v) is 6.03. The average molecular weight is 274 g/mol. The minimum absolute atomic E-state index is 0.441. The Hall–Kier alpha value is -0.860. The van der Waals surface area contributed by atoms with Crippen LogP contribution in [0.4, 0.5) is 0 Å². The van der Waals surface area contributed by atoms with Crippen LogP contribution in [0.25, 0.3) is 0 Å². The van der Waals surface area contributed by atoms with Crippen LogP contribution in [0.5, 0.6) is 0 Å². The van der Waals surface area contributed by atoms with E-state index in [4.69, 9.17) is 0 Å². The Morgan fingerprint density at radius 1 is 1.15 bits per heavy atom. The number of nitrogens with zero attached hydrogens (tertiary/aromatic N) is 1. The summed E-state index contributed by atoms with van der Waals surface area (Å²) in [5.41, 5.74) is 1.42. The molecule has 1 fully saturated rings. The second kappa shape index (κ2) is 7.80. The monoisotopic (exact) mass is 274 g/mol. The van der Waals surface area contributed by atoms with E-state index in [1.165, 1.54) is 37.7 Å². The summed E-state index contributed by atoms with van der Waals surface area (Å²) >= 11 is 0. The van der Waals surface area contributed by atoms with Crippen LogP contribution in [0.2, 0.25) is 0 Å². The zero-order chi connectivity index (χ0) is 14.4. The third-order valence-corrected chi connectivity index (χ3v) is 4.81. The number of nitrogens with one attached hydrogen (secondary N) is 1. The number of likely N-dealkylation sites (N-methyl/N-ethyl adjacent to an activating group) is 2. The normalized spacial score (nSPS) is 19.4. The van der Waals surface area contributed by atoms with E-state index < -0.39 is 0 Å². The summed E-state index contributed by atoms with van der Waals surface area (Å²) in [6.45, 7) is 5.55. The summed E-state index contributed by atoms with van der Waals surface area (Å²) in [6, 6.07) is 12.7. The molecule has 0 saturated heterocycles. The summed E-state index contributed by atoms with van der Waals surface area (Å²) < 4.78 is 0. The van der Waals surface area contributed by atoms with Crippen LogP contribution in [0, 0.1) is 0 Å². The predicted molar refractivity (Wildman–Crippen MR) is 87.0 cm³/mol. The molecule has 0 aromatic heterocycles. The van der Waals surface area contributed by atoms with Gasteiger partial charge in [-0.2, -0.15) is 0 Å². The maximum absolute atomic E-state index is 3.71. The van der Waals surface area contributed by atoms with Crippen molar-refractivity contribution in [1.29, 1.82) is 0 Å². The molecule has 1 N–H and O–H groups in total.